The van der Waals surface area contributed by atoms with Crippen LogP contribution in [0.25, 0.3) is 21.8 Å². The lowest BCUT2D eigenvalue weighted by Gasteiger charge is -2.40. The molecule has 9 aromatic carbocycles. The van der Waals surface area contributed by atoms with E-state index in [9.17, 15) is 19.5 Å². The number of fused-ring (bicyclic) bond motifs is 2. The van der Waals surface area contributed by atoms with Gasteiger partial charge in [0.1, 0.15) is 71.3 Å². The Labute approximate surface area is 764 Å². The van der Waals surface area contributed by atoms with Crippen molar-refractivity contribution in [2.45, 2.75) is 184 Å². The molecule has 1 aliphatic heterocycles. The van der Waals surface area contributed by atoms with Gasteiger partial charge in [0.05, 0.1) is 12.5 Å². The van der Waals surface area contributed by atoms with Crippen molar-refractivity contribution in [1.29, 1.82) is 0 Å². The number of aliphatic carboxylic acids is 1. The zero-order valence-electron chi connectivity index (χ0n) is 74.7. The van der Waals surface area contributed by atoms with Crippen LogP contribution in [0.15, 0.2) is 273 Å². The predicted molar refractivity (Wildman–Crippen MR) is 504 cm³/mol. The zero-order chi connectivity index (χ0) is 92.6. The fraction of sp³-hybridized carbons (Fsp3) is 0.327. The van der Waals surface area contributed by atoms with Crippen LogP contribution >= 0.6 is 11.6 Å². The highest BCUT2D eigenvalue weighted by atomic mass is 35.5. The van der Waals surface area contributed by atoms with Crippen LogP contribution in [0.2, 0.25) is 5.02 Å². The number of para-hydroxylation sites is 2. The van der Waals surface area contributed by atoms with Crippen LogP contribution in [0.1, 0.15) is 124 Å². The molecule has 0 bridgehead atoms. The first kappa shape index (κ1) is 95.6. The molecule has 130 heavy (non-hydrogen) atoms. The predicted octanol–water partition coefficient (Wildman–Crippen LogP) is 12.6. The number of nitrogens with one attached hydrogen (secondary N) is 8. The number of benzene rings is 9. The number of hydrogen-bond acceptors (Lipinski definition) is 13. The van der Waals surface area contributed by atoms with Crippen molar-refractivity contribution in [2.75, 3.05) is 27.2 Å². The number of carboxylic acids is 1. The lowest BCUT2D eigenvalue weighted by atomic mass is 9.79. The van der Waals surface area contributed by atoms with Crippen LogP contribution in [0, 0.1) is 5.92 Å². The van der Waals surface area contributed by atoms with Crippen molar-refractivity contribution in [1.82, 2.24) is 56.6 Å². The molecule has 1 aliphatic rings. The molecule has 11 atom stereocenters. The number of carbonyl (C=O) groups is 10. The molecule has 2 aromatic heterocycles. The Morgan fingerprint density at radius 1 is 0.492 bits per heavy atom. The fourth-order valence-electron chi connectivity index (χ4n) is 16.7. The van der Waals surface area contributed by atoms with E-state index < -0.39 is 143 Å². The highest BCUT2D eigenvalue weighted by Gasteiger charge is 2.45. The van der Waals surface area contributed by atoms with Gasteiger partial charge >= 0.3 is 5.97 Å². The van der Waals surface area contributed by atoms with E-state index in [1.165, 1.54) is 30.0 Å². The summed E-state index contributed by atoms with van der Waals surface area (Å²) in [6.45, 7) is 11.8. The second-order valence-corrected chi connectivity index (χ2v) is 34.9. The van der Waals surface area contributed by atoms with E-state index in [2.05, 4.69) is 41.9 Å². The molecule has 7 unspecified atom stereocenters. The minimum Gasteiger partial charge on any atom is -0.488 e. The molecule has 0 aliphatic carbocycles. The normalized spacial score (nSPS) is 14.9. The minimum atomic E-state index is -1.62. The van der Waals surface area contributed by atoms with Gasteiger partial charge in [0.15, 0.2) is 0 Å². The monoisotopic (exact) mass is 1780 g/mol. The Balaban J connectivity index is 0.885. The van der Waals surface area contributed by atoms with Crippen molar-refractivity contribution in [3.63, 3.8) is 0 Å². The van der Waals surface area contributed by atoms with Crippen molar-refractivity contribution >= 4 is 92.5 Å². The van der Waals surface area contributed by atoms with Gasteiger partial charge in [0.25, 0.3) is 0 Å². The van der Waals surface area contributed by atoms with Crippen LogP contribution in [-0.2, 0) is 96.8 Å². The molecule has 0 radical (unpaired) electrons. The van der Waals surface area contributed by atoms with E-state index in [-0.39, 0.29) is 38.5 Å². The van der Waals surface area contributed by atoms with Crippen LogP contribution in [0.5, 0.6) is 5.75 Å². The van der Waals surface area contributed by atoms with Crippen LogP contribution in [0.4, 0.5) is 0 Å². The van der Waals surface area contributed by atoms with E-state index in [4.69, 9.17) is 26.8 Å². The number of H-pyrrole nitrogens is 2. The van der Waals surface area contributed by atoms with Gasteiger partial charge in [-0.3, -0.25) is 47.9 Å². The molecule has 11 N–H and O–H groups in total. The summed E-state index contributed by atoms with van der Waals surface area (Å²) >= 11 is 6.68. The maximum atomic E-state index is 16.2. The number of allylic oxidation sites excluding steroid dienone is 1. The summed E-state index contributed by atoms with van der Waals surface area (Å²) in [6, 6.07) is 62.6. The second kappa shape index (κ2) is 45.0. The summed E-state index contributed by atoms with van der Waals surface area (Å²) in [6.07, 6.45) is 7.00. The standard InChI is InChI=1S/C104H117ClN12O13/c1-9-67(2)93(99(125)113-88(64-91(118)119)101(127)117-56-30-15-31-57-117)114-98(124)89(60-70-36-18-11-19-37-70)115(7)100(126)87(63-74-66-108-83-50-29-27-48-81(74)83)112-94(120)84(51-33-38-69-34-16-10-17-35-69)109-96(122)86(62-73-65-107-82-49-28-26-47-80(73)82)110-95(121)85(59-71-52-54-79(55-53-71)130-103(4,5)6)111-97(123)90(61-72-39-32-46-78(105)58-72)116(8)102(128)92(106)68(3)129-104(75-40-20-12-21-41-75,76-42-22-13-23-43-76)77-44-24-14-25-45-77/h10-14,16-29,32-37,39-55,58,65-68,84-90,92-93,107-108H,9,15,30-31,38,56-57,59-64,106H2,1-8H3,(H,109,122)(H,110,121)(H,111,123)(H,112,120)(H,113,125)(H,114,124)(H,118,119)/t67-,68+,84?,85?,86?,87?,88?,89-,90?,92-,93?/m0/s1. The van der Waals surface area contributed by atoms with Crippen molar-refractivity contribution in [2.24, 2.45) is 11.7 Å². The number of nitrogens with zero attached hydrogens (tertiary/aromatic N) is 3. The van der Waals surface area contributed by atoms with Gasteiger partial charge in [0.2, 0.25) is 53.2 Å². The third-order valence-electron chi connectivity index (χ3n) is 23.9. The van der Waals surface area contributed by atoms with Crippen LogP contribution < -0.4 is 42.4 Å². The van der Waals surface area contributed by atoms with Gasteiger partial charge in [-0.1, -0.05) is 256 Å². The first-order chi connectivity index (χ1) is 62.5. The summed E-state index contributed by atoms with van der Waals surface area (Å²) < 4.78 is 13.5. The summed E-state index contributed by atoms with van der Waals surface area (Å²) in [5.74, 6) is -8.33. The van der Waals surface area contributed by atoms with Gasteiger partial charge in [-0.25, -0.2) is 0 Å². The van der Waals surface area contributed by atoms with Crippen LogP contribution in [-0.4, -0.2) is 182 Å². The SMILES string of the molecule is CC[C@H](C)C(NC(=O)[C@H](Cc1ccccc1)N(C)C(=O)C(Cc1c[nH]c2ccccc12)NC(=O)C(C=CCc1ccccc1)NC(=O)C(Cc1c[nH]c2ccccc12)NC(=O)C(Cc1ccc(OC(C)(C)C)cc1)NC(=O)C(Cc1cccc(Cl)c1)N(C)C(=O)[C@@H](N)[C@@H](C)OC(c1ccccc1)(c1ccccc1)c1ccccc1)C(=O)NC(CC(=O)O)C(=O)N1CCCCC1. The van der Waals surface area contributed by atoms with Gasteiger partial charge in [0, 0.05) is 98.5 Å². The number of aromatic nitrogens is 2. The van der Waals surface area contributed by atoms with Crippen molar-refractivity contribution in [3.05, 3.63) is 328 Å². The lowest BCUT2D eigenvalue weighted by molar-refractivity contribution is -0.145. The number of nitrogens with two attached hydrogens (primary N) is 1. The fourth-order valence-corrected chi connectivity index (χ4v) is 16.9. The Bertz CT molecular complexity index is 5610. The van der Waals surface area contributed by atoms with Crippen molar-refractivity contribution < 1.29 is 62.5 Å². The Hall–Kier alpha value is -13.5. The number of ether oxygens (including phenoxy) is 2. The summed E-state index contributed by atoms with van der Waals surface area (Å²) in [5.41, 5.74) is 12.8. The molecule has 678 valence electrons. The first-order valence-electron chi connectivity index (χ1n) is 44.4. The molecule has 1 fully saturated rings. The minimum absolute atomic E-state index is 0.104. The summed E-state index contributed by atoms with van der Waals surface area (Å²) in [4.78, 5) is 163. The number of amides is 9. The van der Waals surface area contributed by atoms with Gasteiger partial charge in [-0.05, 0) is 146 Å². The molecule has 11 aromatic rings. The second-order valence-electron chi connectivity index (χ2n) is 34.5. The number of rotatable bonds is 41. The van der Waals surface area contributed by atoms with E-state index in [0.717, 1.165) is 34.2 Å². The third kappa shape index (κ3) is 25.1. The highest BCUT2D eigenvalue weighted by Crippen LogP contribution is 2.42. The Kier molecular flexibility index (Phi) is 33.1. The maximum Gasteiger partial charge on any atom is 0.305 e. The third-order valence-corrected chi connectivity index (χ3v) is 24.2. The van der Waals surface area contributed by atoms with E-state index in [1.807, 2.05) is 198 Å². The molecular formula is C104H117ClN12O13. The topological polar surface area (TPSA) is 349 Å². The molecule has 3 heterocycles. The molecular weight excluding hydrogens is 1660 g/mol. The van der Waals surface area contributed by atoms with Gasteiger partial charge in [-0.15, -0.1) is 0 Å². The Morgan fingerprint density at radius 3 is 1.48 bits per heavy atom. The average molecular weight is 1780 g/mol. The number of carboxylic acid groups (broad SMARTS) is 1. The quantitative estimate of drug-likeness (QED) is 0.0126. The van der Waals surface area contributed by atoms with Crippen LogP contribution in [0.3, 0.4) is 0 Å². The molecule has 0 spiro atoms. The van der Waals surface area contributed by atoms with E-state index in [1.54, 1.807) is 116 Å². The largest absolute Gasteiger partial charge is 0.488 e. The average Bonchev–Trinajstić information content (AvgIpc) is 0.773. The lowest BCUT2D eigenvalue weighted by Crippen LogP contribution is -2.62. The number of piperidine rings is 1. The van der Waals surface area contributed by atoms with Gasteiger partial charge < -0.3 is 76.9 Å². The molecule has 1 saturated heterocycles. The maximum absolute atomic E-state index is 16.2. The number of likely N-dealkylation sites (tertiary alicyclic amines) is 1. The molecule has 0 saturated carbocycles. The summed E-state index contributed by atoms with van der Waals surface area (Å²) in [5, 5.41) is 29.5. The van der Waals surface area contributed by atoms with E-state index >= 15 is 33.6 Å². The summed E-state index contributed by atoms with van der Waals surface area (Å²) in [7, 11) is 2.89. The first-order valence-corrected chi connectivity index (χ1v) is 44.7. The molecule has 12 rings (SSSR count). The Morgan fingerprint density at radius 2 is 0.946 bits per heavy atom. The number of carbonyl (C=O) groups excluding carboxylic acids is 9. The number of halogens is 1. The number of likely N-dealkylation sites (N-methyl/N-ethyl adjacent to an activating group) is 2. The molecule has 26 heteroatoms. The zero-order valence-corrected chi connectivity index (χ0v) is 75.4. The molecule has 25 nitrogen and oxygen atoms in total. The smallest absolute Gasteiger partial charge is 0.305 e. The number of aromatic amines is 2. The molecule has 9 amide bonds. The van der Waals surface area contributed by atoms with E-state index in [0.29, 0.717) is 87.2 Å². The van der Waals surface area contributed by atoms with Gasteiger partial charge in [-0.2, -0.15) is 0 Å². The number of hydrogen-bond donors (Lipinski definition) is 10. The van der Waals surface area contributed by atoms with Crippen molar-refractivity contribution in [3.8, 4) is 5.75 Å². The highest BCUT2D eigenvalue weighted by molar-refractivity contribution is 6.30.